The zero-order valence-corrected chi connectivity index (χ0v) is 10.9. The van der Waals surface area contributed by atoms with E-state index in [1.165, 1.54) is 11.1 Å². The molecule has 1 aromatic carbocycles. The Labute approximate surface area is 99.9 Å². The van der Waals surface area contributed by atoms with Gasteiger partial charge in [0.2, 0.25) is 0 Å². The highest BCUT2D eigenvalue weighted by Gasteiger charge is 2.08. The molecule has 0 aliphatic rings. The lowest BCUT2D eigenvalue weighted by atomic mass is 10.0. The Balaban J connectivity index is 2.86. The van der Waals surface area contributed by atoms with Gasteiger partial charge in [-0.1, -0.05) is 15.9 Å². The normalized spacial score (nSPS) is 10.4. The molecule has 84 valence electrons. The third kappa shape index (κ3) is 3.21. The molecule has 0 radical (unpaired) electrons. The van der Waals surface area contributed by atoms with Gasteiger partial charge in [0, 0.05) is 4.47 Å². The van der Waals surface area contributed by atoms with E-state index < -0.39 is 0 Å². The maximum absolute atomic E-state index is 5.49. The van der Waals surface area contributed by atoms with E-state index in [0.29, 0.717) is 0 Å². The predicted molar refractivity (Wildman–Crippen MR) is 67.4 cm³/mol. The fourth-order valence-electron chi connectivity index (χ4n) is 1.65. The lowest BCUT2D eigenvalue weighted by Crippen LogP contribution is -2.01. The summed E-state index contributed by atoms with van der Waals surface area (Å²) in [5.41, 5.74) is 8.05. The van der Waals surface area contributed by atoms with Gasteiger partial charge in [-0.15, -0.1) is 0 Å². The molecule has 2 nitrogen and oxygen atoms in total. The largest absolute Gasteiger partial charge is 0.496 e. The Morgan fingerprint density at radius 2 is 2.07 bits per heavy atom. The van der Waals surface area contributed by atoms with Gasteiger partial charge in [-0.2, -0.15) is 0 Å². The summed E-state index contributed by atoms with van der Waals surface area (Å²) in [6.07, 6.45) is 3.21. The van der Waals surface area contributed by atoms with Crippen molar-refractivity contribution >= 4 is 15.9 Å². The molecule has 15 heavy (non-hydrogen) atoms. The predicted octanol–water partition coefficient (Wildman–Crippen LogP) is 3.05. The highest BCUT2D eigenvalue weighted by molar-refractivity contribution is 9.10. The number of ether oxygens (including phenoxy) is 1. The molecule has 1 aromatic rings. The molecule has 2 N–H and O–H groups in total. The smallest absolute Gasteiger partial charge is 0.122 e. The van der Waals surface area contributed by atoms with Crippen molar-refractivity contribution in [1.82, 2.24) is 0 Å². The summed E-state index contributed by atoms with van der Waals surface area (Å²) in [6.45, 7) is 2.87. The van der Waals surface area contributed by atoms with Crippen LogP contribution < -0.4 is 10.5 Å². The van der Waals surface area contributed by atoms with Crippen molar-refractivity contribution in [3.8, 4) is 5.75 Å². The molecule has 0 bridgehead atoms. The van der Waals surface area contributed by atoms with Gasteiger partial charge >= 0.3 is 0 Å². The van der Waals surface area contributed by atoms with E-state index in [4.69, 9.17) is 10.5 Å². The SMILES string of the molecule is COc1ccc(Br)c(C)c1CCCCN. The van der Waals surface area contributed by atoms with E-state index in [1.807, 2.05) is 12.1 Å². The van der Waals surface area contributed by atoms with E-state index >= 15 is 0 Å². The van der Waals surface area contributed by atoms with Crippen molar-refractivity contribution in [2.24, 2.45) is 5.73 Å². The standard InChI is InChI=1S/C12H18BrNO/c1-9-10(5-3-4-8-14)12(15-2)7-6-11(9)13/h6-7H,3-5,8,14H2,1-2H3. The van der Waals surface area contributed by atoms with Gasteiger partial charge in [-0.05, 0) is 56.0 Å². The van der Waals surface area contributed by atoms with E-state index in [9.17, 15) is 0 Å². The van der Waals surface area contributed by atoms with Crippen molar-refractivity contribution in [3.63, 3.8) is 0 Å². The highest BCUT2D eigenvalue weighted by Crippen LogP contribution is 2.29. The number of rotatable bonds is 5. The number of hydrogen-bond acceptors (Lipinski definition) is 2. The second kappa shape index (κ2) is 6.13. The molecule has 0 heterocycles. The van der Waals surface area contributed by atoms with Crippen LogP contribution in [0.25, 0.3) is 0 Å². The van der Waals surface area contributed by atoms with Crippen molar-refractivity contribution in [2.75, 3.05) is 13.7 Å². The van der Waals surface area contributed by atoms with Crippen LogP contribution in [0.3, 0.4) is 0 Å². The molecule has 0 fully saturated rings. The summed E-state index contributed by atoms with van der Waals surface area (Å²) in [7, 11) is 1.72. The number of nitrogens with two attached hydrogens (primary N) is 1. The lowest BCUT2D eigenvalue weighted by molar-refractivity contribution is 0.408. The van der Waals surface area contributed by atoms with E-state index in [1.54, 1.807) is 7.11 Å². The number of halogens is 1. The molecular weight excluding hydrogens is 254 g/mol. The number of benzene rings is 1. The Kier molecular flexibility index (Phi) is 5.12. The average Bonchev–Trinajstić information content (AvgIpc) is 2.25. The van der Waals surface area contributed by atoms with Crippen molar-refractivity contribution < 1.29 is 4.74 Å². The zero-order chi connectivity index (χ0) is 11.3. The first-order chi connectivity index (χ1) is 7.20. The average molecular weight is 272 g/mol. The van der Waals surface area contributed by atoms with Gasteiger partial charge < -0.3 is 10.5 Å². The zero-order valence-electron chi connectivity index (χ0n) is 9.35. The molecule has 0 aliphatic heterocycles. The molecule has 0 amide bonds. The molecule has 0 saturated carbocycles. The first kappa shape index (κ1) is 12.5. The molecule has 0 spiro atoms. The summed E-state index contributed by atoms with van der Waals surface area (Å²) in [5.74, 6) is 0.979. The molecule has 3 heteroatoms. The van der Waals surface area contributed by atoms with Crippen molar-refractivity contribution in [2.45, 2.75) is 26.2 Å². The highest BCUT2D eigenvalue weighted by atomic mass is 79.9. The molecule has 0 saturated heterocycles. The van der Waals surface area contributed by atoms with Crippen LogP contribution >= 0.6 is 15.9 Å². The van der Waals surface area contributed by atoms with Crippen LogP contribution in [-0.4, -0.2) is 13.7 Å². The Bertz CT molecular complexity index is 326. The number of methoxy groups -OCH3 is 1. The van der Waals surface area contributed by atoms with E-state index in [-0.39, 0.29) is 0 Å². The number of unbranched alkanes of at least 4 members (excludes halogenated alkanes) is 1. The van der Waals surface area contributed by atoms with Gasteiger partial charge in [-0.3, -0.25) is 0 Å². The first-order valence-electron chi connectivity index (χ1n) is 5.22. The molecule has 0 aliphatic carbocycles. The summed E-state index contributed by atoms with van der Waals surface area (Å²) < 4.78 is 6.50. The second-order valence-corrected chi connectivity index (χ2v) is 4.45. The fraction of sp³-hybridized carbons (Fsp3) is 0.500. The van der Waals surface area contributed by atoms with Crippen LogP contribution in [0.5, 0.6) is 5.75 Å². The van der Waals surface area contributed by atoms with Gasteiger partial charge in [0.15, 0.2) is 0 Å². The topological polar surface area (TPSA) is 35.2 Å². The van der Waals surface area contributed by atoms with Crippen LogP contribution in [0, 0.1) is 6.92 Å². The quantitative estimate of drug-likeness (QED) is 0.836. The first-order valence-corrected chi connectivity index (χ1v) is 6.02. The Hall–Kier alpha value is -0.540. The molecule has 0 aromatic heterocycles. The van der Waals surface area contributed by atoms with Crippen LogP contribution in [-0.2, 0) is 6.42 Å². The molecular formula is C12H18BrNO. The Morgan fingerprint density at radius 3 is 2.67 bits per heavy atom. The van der Waals surface area contributed by atoms with Crippen molar-refractivity contribution in [3.05, 3.63) is 27.7 Å². The minimum Gasteiger partial charge on any atom is -0.496 e. The third-order valence-electron chi connectivity index (χ3n) is 2.59. The molecule has 1 rings (SSSR count). The molecule has 0 atom stereocenters. The Morgan fingerprint density at radius 1 is 1.33 bits per heavy atom. The lowest BCUT2D eigenvalue weighted by Gasteiger charge is -2.12. The monoisotopic (exact) mass is 271 g/mol. The van der Waals surface area contributed by atoms with Crippen molar-refractivity contribution in [1.29, 1.82) is 0 Å². The van der Waals surface area contributed by atoms with Crippen LogP contribution in [0.2, 0.25) is 0 Å². The van der Waals surface area contributed by atoms with Gasteiger partial charge in [0.05, 0.1) is 7.11 Å². The van der Waals surface area contributed by atoms with Gasteiger partial charge in [-0.25, -0.2) is 0 Å². The minimum atomic E-state index is 0.759. The van der Waals surface area contributed by atoms with Gasteiger partial charge in [0.1, 0.15) is 5.75 Å². The third-order valence-corrected chi connectivity index (χ3v) is 3.45. The summed E-state index contributed by atoms with van der Waals surface area (Å²) in [4.78, 5) is 0. The van der Waals surface area contributed by atoms with E-state index in [0.717, 1.165) is 36.0 Å². The maximum atomic E-state index is 5.49. The van der Waals surface area contributed by atoms with Crippen LogP contribution in [0.15, 0.2) is 16.6 Å². The summed E-state index contributed by atoms with van der Waals surface area (Å²) >= 11 is 3.54. The minimum absolute atomic E-state index is 0.759. The maximum Gasteiger partial charge on any atom is 0.122 e. The van der Waals surface area contributed by atoms with E-state index in [2.05, 4.69) is 22.9 Å². The number of hydrogen-bond donors (Lipinski definition) is 1. The molecule has 0 unspecified atom stereocenters. The van der Waals surface area contributed by atoms with Crippen LogP contribution in [0.1, 0.15) is 24.0 Å². The second-order valence-electron chi connectivity index (χ2n) is 3.60. The summed E-state index contributed by atoms with van der Waals surface area (Å²) in [6, 6.07) is 4.04. The summed E-state index contributed by atoms with van der Waals surface area (Å²) in [5, 5.41) is 0. The van der Waals surface area contributed by atoms with Crippen LogP contribution in [0.4, 0.5) is 0 Å². The fourth-order valence-corrected chi connectivity index (χ4v) is 2.02. The van der Waals surface area contributed by atoms with Gasteiger partial charge in [0.25, 0.3) is 0 Å².